The van der Waals surface area contributed by atoms with Gasteiger partial charge in [-0.25, -0.2) is 14.4 Å². The summed E-state index contributed by atoms with van der Waals surface area (Å²) in [5.41, 5.74) is 8.95. The molecule has 0 aliphatic heterocycles. The second kappa shape index (κ2) is 9.73. The second-order valence-corrected chi connectivity index (χ2v) is 6.07. The first-order valence-electron chi connectivity index (χ1n) is 8.84. The van der Waals surface area contributed by atoms with Gasteiger partial charge in [0, 0.05) is 0 Å². The van der Waals surface area contributed by atoms with Crippen LogP contribution in [0.15, 0.2) is 60.9 Å². The molecule has 0 radical (unpaired) electrons. The number of rotatable bonds is 8. The lowest BCUT2D eigenvalue weighted by molar-refractivity contribution is -0.383. The Bertz CT molecular complexity index is 1110. The first-order chi connectivity index (χ1) is 15.0. The standard InChI is InChI=1S/C19H16FN7O4/c20-14-9-5-4-8-13(14)19(29)26-25-18-16(27(30)31)17(21-11-22-18)24-23-15(28)10-12-6-2-1-3-7-12/h1-9,11H,10H2,(H,23,28)(H,26,29)(H2,21,22,24,25). The van der Waals surface area contributed by atoms with Gasteiger partial charge in [0.15, 0.2) is 0 Å². The van der Waals surface area contributed by atoms with Gasteiger partial charge in [0.1, 0.15) is 12.1 Å². The van der Waals surface area contributed by atoms with Crippen LogP contribution >= 0.6 is 0 Å². The Balaban J connectivity index is 1.69. The summed E-state index contributed by atoms with van der Waals surface area (Å²) >= 11 is 0. The Morgan fingerprint density at radius 1 is 0.935 bits per heavy atom. The van der Waals surface area contributed by atoms with Crippen molar-refractivity contribution in [3.05, 3.63) is 88.0 Å². The summed E-state index contributed by atoms with van der Waals surface area (Å²) < 4.78 is 13.7. The number of halogens is 1. The van der Waals surface area contributed by atoms with Gasteiger partial charge < -0.3 is 0 Å². The molecular weight excluding hydrogens is 409 g/mol. The number of amides is 2. The molecule has 0 aliphatic carbocycles. The maximum absolute atomic E-state index is 13.7. The van der Waals surface area contributed by atoms with Crippen molar-refractivity contribution in [1.82, 2.24) is 20.8 Å². The van der Waals surface area contributed by atoms with Crippen molar-refractivity contribution in [1.29, 1.82) is 0 Å². The molecule has 31 heavy (non-hydrogen) atoms. The lowest BCUT2D eigenvalue weighted by Crippen LogP contribution is -2.33. The summed E-state index contributed by atoms with van der Waals surface area (Å²) in [6.07, 6.45) is 1.02. The Labute approximate surface area is 174 Å². The molecule has 1 aromatic heterocycles. The maximum Gasteiger partial charge on any atom is 0.356 e. The van der Waals surface area contributed by atoms with Crippen LogP contribution in [0.1, 0.15) is 15.9 Å². The molecular formula is C19H16FN7O4. The predicted octanol–water partition coefficient (Wildman–Crippen LogP) is 1.97. The molecule has 2 amide bonds. The summed E-state index contributed by atoms with van der Waals surface area (Å²) in [4.78, 5) is 42.3. The summed E-state index contributed by atoms with van der Waals surface area (Å²) in [6.45, 7) is 0. The Morgan fingerprint density at radius 3 is 2.19 bits per heavy atom. The van der Waals surface area contributed by atoms with E-state index in [4.69, 9.17) is 0 Å². The topological polar surface area (TPSA) is 151 Å². The zero-order chi connectivity index (χ0) is 22.2. The maximum atomic E-state index is 13.7. The van der Waals surface area contributed by atoms with Crippen LogP contribution in [0, 0.1) is 15.9 Å². The molecule has 0 aliphatic rings. The highest BCUT2D eigenvalue weighted by atomic mass is 19.1. The molecule has 1 heterocycles. The van der Waals surface area contributed by atoms with Gasteiger partial charge in [-0.15, -0.1) is 0 Å². The number of aromatic nitrogens is 2. The van der Waals surface area contributed by atoms with Crippen molar-refractivity contribution in [2.45, 2.75) is 6.42 Å². The van der Waals surface area contributed by atoms with Gasteiger partial charge in [-0.3, -0.25) is 41.4 Å². The predicted molar refractivity (Wildman–Crippen MR) is 108 cm³/mol. The van der Waals surface area contributed by atoms with Crippen molar-refractivity contribution in [3.63, 3.8) is 0 Å². The lowest BCUT2D eigenvalue weighted by Gasteiger charge is -2.11. The van der Waals surface area contributed by atoms with Crippen molar-refractivity contribution >= 4 is 29.1 Å². The third kappa shape index (κ3) is 5.47. The minimum Gasteiger partial charge on any atom is -0.276 e. The van der Waals surface area contributed by atoms with E-state index in [1.165, 1.54) is 18.2 Å². The van der Waals surface area contributed by atoms with Gasteiger partial charge in [-0.2, -0.15) is 0 Å². The van der Waals surface area contributed by atoms with Gasteiger partial charge in [0.2, 0.25) is 17.5 Å². The monoisotopic (exact) mass is 425 g/mol. The van der Waals surface area contributed by atoms with Crippen LogP contribution in [0.2, 0.25) is 0 Å². The molecule has 0 unspecified atom stereocenters. The smallest absolute Gasteiger partial charge is 0.276 e. The molecule has 11 nitrogen and oxygen atoms in total. The molecule has 3 aromatic rings. The number of carbonyl (C=O) groups is 2. The number of benzene rings is 2. The van der Waals surface area contributed by atoms with Crippen LogP contribution in [-0.2, 0) is 11.2 Å². The van der Waals surface area contributed by atoms with Gasteiger partial charge in [0.25, 0.3) is 5.91 Å². The highest BCUT2D eigenvalue weighted by molar-refractivity contribution is 5.95. The third-order valence-electron chi connectivity index (χ3n) is 3.95. The minimum atomic E-state index is -0.864. The summed E-state index contributed by atoms with van der Waals surface area (Å²) in [7, 11) is 0. The highest BCUT2D eigenvalue weighted by Crippen LogP contribution is 2.27. The molecule has 3 rings (SSSR count). The highest BCUT2D eigenvalue weighted by Gasteiger charge is 2.24. The van der Waals surface area contributed by atoms with Crippen LogP contribution in [-0.4, -0.2) is 26.7 Å². The van der Waals surface area contributed by atoms with E-state index in [0.29, 0.717) is 0 Å². The number of hydrogen-bond donors (Lipinski definition) is 4. The minimum absolute atomic E-state index is 0.0382. The Morgan fingerprint density at radius 2 is 1.55 bits per heavy atom. The van der Waals surface area contributed by atoms with E-state index in [9.17, 15) is 24.1 Å². The Kier molecular flexibility index (Phi) is 6.63. The van der Waals surface area contributed by atoms with Crippen LogP contribution in [0.3, 0.4) is 0 Å². The molecule has 0 bridgehead atoms. The SMILES string of the molecule is O=C(Cc1ccccc1)NNc1ncnc(NNC(=O)c2ccccc2F)c1[N+](=O)[O-]. The van der Waals surface area contributed by atoms with Crippen LogP contribution in [0.5, 0.6) is 0 Å². The first kappa shape index (κ1) is 21.1. The van der Waals surface area contributed by atoms with Gasteiger partial charge in [-0.05, 0) is 17.7 Å². The first-order valence-corrected chi connectivity index (χ1v) is 8.84. The van der Waals surface area contributed by atoms with Gasteiger partial charge in [-0.1, -0.05) is 42.5 Å². The molecule has 0 saturated heterocycles. The van der Waals surface area contributed by atoms with E-state index in [2.05, 4.69) is 31.7 Å². The molecule has 0 fully saturated rings. The fourth-order valence-corrected chi connectivity index (χ4v) is 2.52. The van der Waals surface area contributed by atoms with E-state index >= 15 is 0 Å². The molecule has 4 N–H and O–H groups in total. The molecule has 2 aromatic carbocycles. The summed E-state index contributed by atoms with van der Waals surface area (Å²) in [6, 6.07) is 14.1. The quantitative estimate of drug-likeness (QED) is 0.316. The van der Waals surface area contributed by atoms with Crippen molar-refractivity contribution in [2.24, 2.45) is 0 Å². The van der Waals surface area contributed by atoms with E-state index in [1.54, 1.807) is 24.3 Å². The number of hydrogen-bond acceptors (Lipinski definition) is 8. The van der Waals surface area contributed by atoms with E-state index in [1.807, 2.05) is 6.07 Å². The van der Waals surface area contributed by atoms with Gasteiger partial charge >= 0.3 is 5.69 Å². The van der Waals surface area contributed by atoms with Crippen molar-refractivity contribution in [3.8, 4) is 0 Å². The number of nitro groups is 1. The normalized spacial score (nSPS) is 10.1. The van der Waals surface area contributed by atoms with Crippen molar-refractivity contribution < 1.29 is 18.9 Å². The number of anilines is 2. The summed E-state index contributed by atoms with van der Waals surface area (Å²) in [5.74, 6) is -2.77. The third-order valence-corrected chi connectivity index (χ3v) is 3.95. The van der Waals surface area contributed by atoms with E-state index < -0.39 is 28.2 Å². The average molecular weight is 425 g/mol. The fourth-order valence-electron chi connectivity index (χ4n) is 2.52. The molecule has 0 saturated carbocycles. The number of nitrogens with one attached hydrogen (secondary N) is 4. The van der Waals surface area contributed by atoms with Crippen LogP contribution in [0.4, 0.5) is 21.7 Å². The average Bonchev–Trinajstić information content (AvgIpc) is 2.76. The second-order valence-electron chi connectivity index (χ2n) is 6.07. The van der Waals surface area contributed by atoms with Crippen molar-refractivity contribution in [2.75, 3.05) is 10.9 Å². The van der Waals surface area contributed by atoms with Gasteiger partial charge in [0.05, 0.1) is 16.9 Å². The fraction of sp³-hybridized carbons (Fsp3) is 0.0526. The van der Waals surface area contributed by atoms with E-state index in [-0.39, 0.29) is 23.6 Å². The number of carbonyl (C=O) groups excluding carboxylic acids is 2. The zero-order valence-electron chi connectivity index (χ0n) is 15.8. The van der Waals surface area contributed by atoms with E-state index in [0.717, 1.165) is 18.0 Å². The number of nitrogens with zero attached hydrogens (tertiary/aromatic N) is 3. The summed E-state index contributed by atoms with van der Waals surface area (Å²) in [5, 5.41) is 11.5. The molecule has 0 atom stereocenters. The molecule has 158 valence electrons. The van der Waals surface area contributed by atoms with Crippen LogP contribution in [0.25, 0.3) is 0 Å². The van der Waals surface area contributed by atoms with Crippen LogP contribution < -0.4 is 21.7 Å². The number of hydrazine groups is 2. The molecule has 0 spiro atoms. The largest absolute Gasteiger partial charge is 0.356 e. The molecule has 12 heteroatoms. The Hall–Kier alpha value is -4.61. The zero-order valence-corrected chi connectivity index (χ0v) is 15.8. The lowest BCUT2D eigenvalue weighted by atomic mass is 10.1.